The number of hydrogen-bond donors (Lipinski definition) is 1. The van der Waals surface area contributed by atoms with E-state index < -0.39 is 17.0 Å². The Bertz CT molecular complexity index is 1850. The summed E-state index contributed by atoms with van der Waals surface area (Å²) in [4.78, 5) is 25.7. The lowest BCUT2D eigenvalue weighted by atomic mass is 9.73. The molecule has 1 N–H and O–H groups in total. The van der Waals surface area contributed by atoms with Gasteiger partial charge in [0.05, 0.1) is 21.9 Å². The molecule has 2 heterocycles. The third-order valence-corrected chi connectivity index (χ3v) is 7.98. The number of carbonyl (C=O) groups is 1. The molecule has 4 aromatic carbocycles. The molecule has 43 heavy (non-hydrogen) atoms. The van der Waals surface area contributed by atoms with E-state index in [4.69, 9.17) is 19.5 Å². The van der Waals surface area contributed by atoms with E-state index in [0.29, 0.717) is 25.4 Å². The summed E-state index contributed by atoms with van der Waals surface area (Å²) in [5.74, 6) is 0.603. The van der Waals surface area contributed by atoms with Crippen molar-refractivity contribution in [3.05, 3.63) is 137 Å². The van der Waals surface area contributed by atoms with Gasteiger partial charge in [0.25, 0.3) is 0 Å². The van der Waals surface area contributed by atoms with E-state index in [1.807, 2.05) is 116 Å². The maximum Gasteiger partial charge on any atom is 0.303 e. The number of carboxylic acid groups (broad SMARTS) is 1. The van der Waals surface area contributed by atoms with Gasteiger partial charge in [0.2, 0.25) is 0 Å². The van der Waals surface area contributed by atoms with E-state index in [-0.39, 0.29) is 6.42 Å². The number of aromatic nitrogens is 1. The number of carboxylic acids is 1. The molecule has 0 saturated carbocycles. The Morgan fingerprint density at radius 3 is 1.98 bits per heavy atom. The fourth-order valence-electron chi connectivity index (χ4n) is 5.48. The van der Waals surface area contributed by atoms with Gasteiger partial charge in [-0.05, 0) is 73.0 Å². The highest BCUT2D eigenvalue weighted by Crippen LogP contribution is 2.38. The number of para-hydroxylation sites is 3. The van der Waals surface area contributed by atoms with Crippen molar-refractivity contribution in [1.82, 2.24) is 4.98 Å². The smallest absolute Gasteiger partial charge is 0.303 e. The molecule has 0 aliphatic carbocycles. The summed E-state index contributed by atoms with van der Waals surface area (Å²) < 4.78 is 12.1. The Balaban J connectivity index is 1.15. The van der Waals surface area contributed by atoms with Crippen molar-refractivity contribution in [2.24, 2.45) is 9.98 Å². The average molecular weight is 572 g/mol. The quantitative estimate of drug-likeness (QED) is 0.209. The van der Waals surface area contributed by atoms with Gasteiger partial charge in [0, 0.05) is 17.2 Å². The van der Waals surface area contributed by atoms with Crippen molar-refractivity contribution in [3.63, 3.8) is 0 Å². The lowest BCUT2D eigenvalue weighted by Crippen LogP contribution is -2.27. The van der Waals surface area contributed by atoms with Crippen molar-refractivity contribution in [1.29, 1.82) is 0 Å². The van der Waals surface area contributed by atoms with Crippen molar-refractivity contribution < 1.29 is 19.4 Å². The maximum absolute atomic E-state index is 11.6. The van der Waals surface area contributed by atoms with Crippen molar-refractivity contribution in [2.45, 2.75) is 44.4 Å². The number of aliphatic carboxylic acids is 1. The first-order valence-corrected chi connectivity index (χ1v) is 14.4. The first-order valence-electron chi connectivity index (χ1n) is 14.4. The molecule has 7 heteroatoms. The van der Waals surface area contributed by atoms with E-state index in [1.165, 1.54) is 0 Å². The first kappa shape index (κ1) is 28.1. The zero-order chi connectivity index (χ0) is 29.9. The van der Waals surface area contributed by atoms with Crippen LogP contribution in [0.5, 0.6) is 11.5 Å². The summed E-state index contributed by atoms with van der Waals surface area (Å²) in [6, 6.07) is 35.6. The molecule has 1 unspecified atom stereocenters. The highest BCUT2D eigenvalue weighted by molar-refractivity contribution is 5.78. The van der Waals surface area contributed by atoms with Gasteiger partial charge in [0.15, 0.2) is 5.66 Å². The molecule has 216 valence electrons. The number of ether oxygens (including phenoxy) is 2. The Kier molecular flexibility index (Phi) is 7.63. The molecule has 0 fully saturated rings. The monoisotopic (exact) mass is 571 g/mol. The Labute approximate surface area is 250 Å². The third-order valence-electron chi connectivity index (χ3n) is 7.98. The van der Waals surface area contributed by atoms with E-state index in [9.17, 15) is 9.90 Å². The minimum absolute atomic E-state index is 0.0442. The number of rotatable bonds is 11. The average Bonchev–Trinajstić information content (AvgIpc) is 3.38. The van der Waals surface area contributed by atoms with Crippen LogP contribution >= 0.6 is 0 Å². The molecule has 0 radical (unpaired) electrons. The zero-order valence-corrected chi connectivity index (χ0v) is 24.2. The predicted octanol–water partition coefficient (Wildman–Crippen LogP) is 6.03. The van der Waals surface area contributed by atoms with Gasteiger partial charge in [-0.3, -0.25) is 4.79 Å². The standard InChI is InChI=1S/C36H33N3O4/c1-35(22-21-34(40)41,26-12-17-29(18-13-26)42-23-28-16-11-25-7-3-4-8-31(25)37-28)27-14-19-30(20-15-27)43-24-36(2)38-32-9-5-6-10-33(32)39-36/h3-20H,21-24H2,1-2H3,(H,40,41). The van der Waals surface area contributed by atoms with Crippen LogP contribution in [0.3, 0.4) is 0 Å². The third kappa shape index (κ3) is 6.26. The maximum atomic E-state index is 11.6. The van der Waals surface area contributed by atoms with Gasteiger partial charge in [-0.2, -0.15) is 0 Å². The van der Waals surface area contributed by atoms with Crippen LogP contribution in [0.4, 0.5) is 0 Å². The summed E-state index contributed by atoms with van der Waals surface area (Å²) in [6.07, 6.45) is 0.487. The molecule has 0 bridgehead atoms. The lowest BCUT2D eigenvalue weighted by Gasteiger charge is -2.31. The summed E-state index contributed by atoms with van der Waals surface area (Å²) in [5.41, 5.74) is 2.60. The van der Waals surface area contributed by atoms with Crippen LogP contribution < -0.4 is 20.2 Å². The predicted molar refractivity (Wildman–Crippen MR) is 165 cm³/mol. The van der Waals surface area contributed by atoms with Gasteiger partial charge < -0.3 is 14.6 Å². The second-order valence-corrected chi connectivity index (χ2v) is 11.3. The Morgan fingerprint density at radius 2 is 1.35 bits per heavy atom. The van der Waals surface area contributed by atoms with Crippen LogP contribution in [-0.4, -0.2) is 28.3 Å². The molecule has 1 aliphatic rings. The molecule has 0 spiro atoms. The van der Waals surface area contributed by atoms with Crippen LogP contribution in [0, 0.1) is 0 Å². The summed E-state index contributed by atoms with van der Waals surface area (Å²) in [5, 5.41) is 12.3. The SMILES string of the molecule is CC1(COc2ccc(C(C)(CCC(=O)O)c3ccc(OCc4ccc5ccccc5n4)cc3)cc2)N=c2ccccc2=N1. The molecule has 1 atom stereocenters. The van der Waals surface area contributed by atoms with Gasteiger partial charge in [-0.15, -0.1) is 0 Å². The molecule has 7 nitrogen and oxygen atoms in total. The van der Waals surface area contributed by atoms with E-state index in [0.717, 1.165) is 44.2 Å². The second-order valence-electron chi connectivity index (χ2n) is 11.3. The van der Waals surface area contributed by atoms with Crippen LogP contribution in [0.15, 0.2) is 119 Å². The molecule has 0 amide bonds. The Morgan fingerprint density at radius 1 is 0.767 bits per heavy atom. The highest BCUT2D eigenvalue weighted by atomic mass is 16.5. The van der Waals surface area contributed by atoms with E-state index in [1.54, 1.807) is 0 Å². The summed E-state index contributed by atoms with van der Waals surface area (Å²) in [7, 11) is 0. The molecule has 1 aromatic heterocycles. The van der Waals surface area contributed by atoms with E-state index in [2.05, 4.69) is 11.9 Å². The molecule has 0 saturated heterocycles. The van der Waals surface area contributed by atoms with Gasteiger partial charge in [-0.1, -0.05) is 67.6 Å². The van der Waals surface area contributed by atoms with Crippen molar-refractivity contribution >= 4 is 16.9 Å². The molecular formula is C36H33N3O4. The lowest BCUT2D eigenvalue weighted by molar-refractivity contribution is -0.137. The zero-order valence-electron chi connectivity index (χ0n) is 24.2. The molecule has 5 aromatic rings. The van der Waals surface area contributed by atoms with Crippen LogP contribution in [0.25, 0.3) is 10.9 Å². The fourth-order valence-corrected chi connectivity index (χ4v) is 5.48. The van der Waals surface area contributed by atoms with Gasteiger partial charge in [-0.25, -0.2) is 15.0 Å². The Hall–Kier alpha value is -5.04. The molecule has 6 rings (SSSR count). The van der Waals surface area contributed by atoms with Crippen molar-refractivity contribution in [2.75, 3.05) is 6.61 Å². The van der Waals surface area contributed by atoms with E-state index >= 15 is 0 Å². The second kappa shape index (κ2) is 11.7. The minimum Gasteiger partial charge on any atom is -0.489 e. The van der Waals surface area contributed by atoms with Crippen LogP contribution in [-0.2, 0) is 16.8 Å². The molecular weight excluding hydrogens is 538 g/mol. The number of nitrogens with zero attached hydrogens (tertiary/aromatic N) is 3. The molecule has 1 aliphatic heterocycles. The minimum atomic E-state index is -0.827. The number of fused-ring (bicyclic) bond motifs is 2. The topological polar surface area (TPSA) is 93.4 Å². The highest BCUT2D eigenvalue weighted by Gasteiger charge is 2.30. The van der Waals surface area contributed by atoms with Crippen LogP contribution in [0.2, 0.25) is 0 Å². The number of benzene rings is 4. The fraction of sp³-hybridized carbons (Fsp3) is 0.222. The summed E-state index contributed by atoms with van der Waals surface area (Å²) in [6.45, 7) is 4.70. The van der Waals surface area contributed by atoms with Gasteiger partial charge >= 0.3 is 5.97 Å². The number of pyridine rings is 1. The number of hydrogen-bond acceptors (Lipinski definition) is 6. The van der Waals surface area contributed by atoms with Gasteiger partial charge in [0.1, 0.15) is 24.7 Å². The largest absolute Gasteiger partial charge is 0.489 e. The summed E-state index contributed by atoms with van der Waals surface area (Å²) >= 11 is 0. The normalized spacial score (nSPS) is 14.7. The van der Waals surface area contributed by atoms with Crippen molar-refractivity contribution in [3.8, 4) is 11.5 Å². The first-order chi connectivity index (χ1) is 20.8. The van der Waals surface area contributed by atoms with Crippen LogP contribution in [0.1, 0.15) is 43.5 Å².